The van der Waals surface area contributed by atoms with E-state index in [1.165, 1.54) is 12.1 Å². The van der Waals surface area contributed by atoms with Gasteiger partial charge in [0.1, 0.15) is 0 Å². The van der Waals surface area contributed by atoms with Crippen molar-refractivity contribution in [2.45, 2.75) is 25.9 Å². The second-order valence-electron chi connectivity index (χ2n) is 4.53. The van der Waals surface area contributed by atoms with E-state index in [-0.39, 0.29) is 0 Å². The molecule has 2 aromatic rings. The lowest BCUT2D eigenvalue weighted by atomic mass is 9.99. The maximum atomic E-state index is 12.7. The van der Waals surface area contributed by atoms with E-state index in [1.807, 2.05) is 24.3 Å². The summed E-state index contributed by atoms with van der Waals surface area (Å²) in [7, 11) is 0. The number of aryl methyl sites for hydroxylation is 1. The minimum Gasteiger partial charge on any atom is -0.166 e. The fourth-order valence-electron chi connectivity index (χ4n) is 2.07. The van der Waals surface area contributed by atoms with Gasteiger partial charge in [0.25, 0.3) is 0 Å². The van der Waals surface area contributed by atoms with Gasteiger partial charge in [-0.25, -0.2) is 0 Å². The molecule has 0 spiro atoms. The molecule has 2 aromatic carbocycles. The molecule has 0 atom stereocenters. The van der Waals surface area contributed by atoms with Gasteiger partial charge in [-0.15, -0.1) is 0 Å². The van der Waals surface area contributed by atoms with Crippen LogP contribution in [-0.4, -0.2) is 0 Å². The van der Waals surface area contributed by atoms with Gasteiger partial charge in [-0.2, -0.15) is 13.2 Å². The molecule has 0 bridgehead atoms. The average Bonchev–Trinajstić information content (AvgIpc) is 2.39. The lowest BCUT2D eigenvalue weighted by Crippen LogP contribution is -2.04. The first-order chi connectivity index (χ1) is 9.00. The van der Waals surface area contributed by atoms with E-state index < -0.39 is 11.7 Å². The summed E-state index contributed by atoms with van der Waals surface area (Å²) in [5.41, 5.74) is 1.98. The third kappa shape index (κ3) is 3.37. The Hall–Kier alpha value is -1.77. The number of hydrogen-bond acceptors (Lipinski definition) is 0. The molecule has 0 aliphatic carbocycles. The lowest BCUT2D eigenvalue weighted by Gasteiger charge is -2.09. The van der Waals surface area contributed by atoms with Crippen molar-refractivity contribution in [2.24, 2.45) is 0 Å². The van der Waals surface area contributed by atoms with Gasteiger partial charge in [0.05, 0.1) is 5.56 Å². The summed E-state index contributed by atoms with van der Waals surface area (Å²) in [6, 6.07) is 13.1. The average molecular weight is 264 g/mol. The summed E-state index contributed by atoms with van der Waals surface area (Å²) < 4.78 is 38.1. The van der Waals surface area contributed by atoms with Crippen molar-refractivity contribution >= 4 is 0 Å². The minimum absolute atomic E-state index is 0.604. The second kappa shape index (κ2) is 5.47. The largest absolute Gasteiger partial charge is 0.416 e. The highest BCUT2D eigenvalue weighted by Gasteiger charge is 2.30. The van der Waals surface area contributed by atoms with Crippen molar-refractivity contribution < 1.29 is 13.2 Å². The standard InChI is InChI=1S/C16H15F3/c1-2-5-12-6-3-7-13(10-12)14-8-4-9-15(11-14)16(17,18)19/h3-4,6-11H,2,5H2,1H3. The summed E-state index contributed by atoms with van der Waals surface area (Å²) in [4.78, 5) is 0. The number of rotatable bonds is 3. The van der Waals surface area contributed by atoms with Crippen LogP contribution in [-0.2, 0) is 12.6 Å². The van der Waals surface area contributed by atoms with Crippen LogP contribution in [0.3, 0.4) is 0 Å². The molecule has 0 heterocycles. The quantitative estimate of drug-likeness (QED) is 0.703. The van der Waals surface area contributed by atoms with Crippen LogP contribution in [0.5, 0.6) is 0 Å². The summed E-state index contributed by atoms with van der Waals surface area (Å²) in [5, 5.41) is 0. The van der Waals surface area contributed by atoms with Crippen LogP contribution >= 0.6 is 0 Å². The van der Waals surface area contributed by atoms with Crippen LogP contribution in [0.4, 0.5) is 13.2 Å². The fourth-order valence-corrected chi connectivity index (χ4v) is 2.07. The van der Waals surface area contributed by atoms with Gasteiger partial charge in [-0.1, -0.05) is 49.7 Å². The predicted octanol–water partition coefficient (Wildman–Crippen LogP) is 5.32. The zero-order chi connectivity index (χ0) is 13.9. The normalized spacial score (nSPS) is 11.6. The van der Waals surface area contributed by atoms with E-state index in [0.717, 1.165) is 30.0 Å². The Morgan fingerprint density at radius 1 is 0.895 bits per heavy atom. The van der Waals surface area contributed by atoms with E-state index in [1.54, 1.807) is 6.07 Å². The zero-order valence-electron chi connectivity index (χ0n) is 10.7. The zero-order valence-corrected chi connectivity index (χ0v) is 10.7. The summed E-state index contributed by atoms with van der Waals surface area (Å²) in [5.74, 6) is 0. The van der Waals surface area contributed by atoms with Crippen molar-refractivity contribution in [1.82, 2.24) is 0 Å². The Balaban J connectivity index is 2.39. The van der Waals surface area contributed by atoms with Gasteiger partial charge < -0.3 is 0 Å². The summed E-state index contributed by atoms with van der Waals surface area (Å²) >= 11 is 0. The van der Waals surface area contributed by atoms with Crippen molar-refractivity contribution in [3.63, 3.8) is 0 Å². The molecule has 0 aliphatic rings. The first-order valence-electron chi connectivity index (χ1n) is 6.27. The molecule has 0 amide bonds. The maximum Gasteiger partial charge on any atom is 0.416 e. The Labute approximate surface area is 110 Å². The van der Waals surface area contributed by atoms with Crippen LogP contribution in [0.1, 0.15) is 24.5 Å². The summed E-state index contributed by atoms with van der Waals surface area (Å²) in [6.07, 6.45) is -2.34. The predicted molar refractivity (Wildman–Crippen MR) is 70.9 cm³/mol. The van der Waals surface area contributed by atoms with E-state index >= 15 is 0 Å². The molecule has 0 saturated carbocycles. The molecule has 100 valence electrons. The molecular weight excluding hydrogens is 249 g/mol. The van der Waals surface area contributed by atoms with Crippen LogP contribution in [0.15, 0.2) is 48.5 Å². The molecule has 0 radical (unpaired) electrons. The first kappa shape index (κ1) is 13.7. The first-order valence-corrected chi connectivity index (χ1v) is 6.27. The smallest absolute Gasteiger partial charge is 0.166 e. The second-order valence-corrected chi connectivity index (χ2v) is 4.53. The van der Waals surface area contributed by atoms with Gasteiger partial charge >= 0.3 is 6.18 Å². The van der Waals surface area contributed by atoms with Gasteiger partial charge in [-0.3, -0.25) is 0 Å². The Bertz CT molecular complexity index is 556. The van der Waals surface area contributed by atoms with E-state index in [9.17, 15) is 13.2 Å². The number of alkyl halides is 3. The highest BCUT2D eigenvalue weighted by molar-refractivity contribution is 5.65. The van der Waals surface area contributed by atoms with E-state index in [2.05, 4.69) is 6.92 Å². The molecule has 2 rings (SSSR count). The van der Waals surface area contributed by atoms with Gasteiger partial charge in [-0.05, 0) is 35.2 Å². The molecule has 19 heavy (non-hydrogen) atoms. The molecule has 0 fully saturated rings. The van der Waals surface area contributed by atoms with E-state index in [0.29, 0.717) is 5.56 Å². The topological polar surface area (TPSA) is 0 Å². The van der Waals surface area contributed by atoms with Crippen molar-refractivity contribution in [3.05, 3.63) is 59.7 Å². The van der Waals surface area contributed by atoms with Crippen molar-refractivity contribution in [1.29, 1.82) is 0 Å². The maximum absolute atomic E-state index is 12.7. The molecule has 0 aliphatic heterocycles. The third-order valence-electron chi connectivity index (χ3n) is 2.99. The molecule has 0 N–H and O–H groups in total. The SMILES string of the molecule is CCCc1cccc(-c2cccc(C(F)(F)F)c2)c1. The minimum atomic E-state index is -4.29. The number of hydrogen-bond donors (Lipinski definition) is 0. The van der Waals surface area contributed by atoms with Crippen molar-refractivity contribution in [2.75, 3.05) is 0 Å². The van der Waals surface area contributed by atoms with Crippen molar-refractivity contribution in [3.8, 4) is 11.1 Å². The van der Waals surface area contributed by atoms with E-state index in [4.69, 9.17) is 0 Å². The Morgan fingerprint density at radius 3 is 2.16 bits per heavy atom. The third-order valence-corrected chi connectivity index (χ3v) is 2.99. The number of halogens is 3. The monoisotopic (exact) mass is 264 g/mol. The molecule has 0 unspecified atom stereocenters. The molecule has 3 heteroatoms. The number of benzene rings is 2. The van der Waals surface area contributed by atoms with Crippen LogP contribution in [0.2, 0.25) is 0 Å². The molecule has 0 saturated heterocycles. The molecular formula is C16H15F3. The van der Waals surface area contributed by atoms with Gasteiger partial charge in [0.15, 0.2) is 0 Å². The van der Waals surface area contributed by atoms with Crippen LogP contribution in [0.25, 0.3) is 11.1 Å². The lowest BCUT2D eigenvalue weighted by molar-refractivity contribution is -0.137. The Morgan fingerprint density at radius 2 is 1.53 bits per heavy atom. The van der Waals surface area contributed by atoms with Crippen LogP contribution in [0, 0.1) is 0 Å². The van der Waals surface area contributed by atoms with Gasteiger partial charge in [0, 0.05) is 0 Å². The summed E-state index contributed by atoms with van der Waals surface area (Å²) in [6.45, 7) is 2.08. The molecule has 0 nitrogen and oxygen atoms in total. The highest BCUT2D eigenvalue weighted by atomic mass is 19.4. The Kier molecular flexibility index (Phi) is 3.93. The van der Waals surface area contributed by atoms with Crippen LogP contribution < -0.4 is 0 Å². The molecule has 0 aromatic heterocycles. The fraction of sp³-hybridized carbons (Fsp3) is 0.250. The highest BCUT2D eigenvalue weighted by Crippen LogP contribution is 2.32. The van der Waals surface area contributed by atoms with Gasteiger partial charge in [0.2, 0.25) is 0 Å².